The summed E-state index contributed by atoms with van der Waals surface area (Å²) >= 11 is 6.41. The van der Waals surface area contributed by atoms with E-state index in [0.717, 1.165) is 30.6 Å². The van der Waals surface area contributed by atoms with E-state index in [1.165, 1.54) is 0 Å². The van der Waals surface area contributed by atoms with Crippen molar-refractivity contribution in [2.75, 3.05) is 13.1 Å². The van der Waals surface area contributed by atoms with E-state index < -0.39 is 6.10 Å². The molecule has 0 aromatic carbocycles. The van der Waals surface area contributed by atoms with Crippen LogP contribution in [0.15, 0.2) is 18.5 Å². The number of aliphatic hydroxyl groups excluding tert-OH is 1. The molecule has 3 heterocycles. The number of aromatic nitrogens is 4. The van der Waals surface area contributed by atoms with Crippen LogP contribution in [-0.2, 0) is 13.6 Å². The zero-order valence-electron chi connectivity index (χ0n) is 13.0. The minimum atomic E-state index is -0.448. The van der Waals surface area contributed by atoms with Crippen molar-refractivity contribution >= 4 is 11.6 Å². The van der Waals surface area contributed by atoms with Crippen LogP contribution in [0.25, 0.3) is 0 Å². The zero-order chi connectivity index (χ0) is 15.7. The summed E-state index contributed by atoms with van der Waals surface area (Å²) in [6, 6.07) is 2.11. The van der Waals surface area contributed by atoms with Crippen LogP contribution < -0.4 is 0 Å². The fourth-order valence-electron chi connectivity index (χ4n) is 3.35. The van der Waals surface area contributed by atoms with Crippen LogP contribution in [0.5, 0.6) is 0 Å². The van der Waals surface area contributed by atoms with Gasteiger partial charge in [-0.3, -0.25) is 14.3 Å². The van der Waals surface area contributed by atoms with Gasteiger partial charge in [-0.15, -0.1) is 0 Å². The number of hydrogen-bond acceptors (Lipinski definition) is 4. The highest BCUT2D eigenvalue weighted by Crippen LogP contribution is 2.37. The Bertz CT molecular complexity index is 624. The van der Waals surface area contributed by atoms with Gasteiger partial charge in [0.15, 0.2) is 0 Å². The van der Waals surface area contributed by atoms with Crippen LogP contribution in [0.3, 0.4) is 0 Å². The third kappa shape index (κ3) is 3.04. The number of nitrogens with zero attached hydrogens (tertiary/aromatic N) is 5. The molecule has 6 nitrogen and oxygen atoms in total. The molecule has 0 amide bonds. The summed E-state index contributed by atoms with van der Waals surface area (Å²) in [6.07, 6.45) is 5.32. The summed E-state index contributed by atoms with van der Waals surface area (Å²) in [6.45, 7) is 4.11. The van der Waals surface area contributed by atoms with Gasteiger partial charge in [0, 0.05) is 37.6 Å². The average molecular weight is 324 g/mol. The van der Waals surface area contributed by atoms with E-state index in [0.29, 0.717) is 18.2 Å². The molecular weight excluding hydrogens is 302 g/mol. The Labute approximate surface area is 135 Å². The SMILES string of the molecule is Cc1nn(C)c(Cl)c1[C@@H]1CCCN1C[C@@H](O)Cn1cccn1. The first-order valence-corrected chi connectivity index (χ1v) is 8.02. The molecule has 1 saturated heterocycles. The Morgan fingerprint density at radius 3 is 2.91 bits per heavy atom. The molecule has 0 radical (unpaired) electrons. The second-order valence-electron chi connectivity index (χ2n) is 5.95. The summed E-state index contributed by atoms with van der Waals surface area (Å²) < 4.78 is 3.49. The van der Waals surface area contributed by atoms with Crippen LogP contribution in [-0.4, -0.2) is 48.8 Å². The van der Waals surface area contributed by atoms with Gasteiger partial charge in [0.25, 0.3) is 0 Å². The normalized spacial score (nSPS) is 20.6. The minimum Gasteiger partial charge on any atom is -0.390 e. The molecule has 22 heavy (non-hydrogen) atoms. The molecule has 0 unspecified atom stereocenters. The maximum atomic E-state index is 10.3. The predicted molar refractivity (Wildman–Crippen MR) is 84.7 cm³/mol. The van der Waals surface area contributed by atoms with E-state index in [-0.39, 0.29) is 6.04 Å². The topological polar surface area (TPSA) is 59.1 Å². The molecular formula is C15H22ClN5O. The van der Waals surface area contributed by atoms with Crippen LogP contribution in [0, 0.1) is 6.92 Å². The molecule has 1 fully saturated rings. The summed E-state index contributed by atoms with van der Waals surface area (Å²) in [5, 5.41) is 19.6. The molecule has 2 atom stereocenters. The maximum absolute atomic E-state index is 10.3. The standard InChI is InChI=1S/C15H22ClN5O/c1-11-14(15(16)19(2)18-11)13-5-3-7-20(13)9-12(22)10-21-8-4-6-17-21/h4,6,8,12-13,22H,3,5,7,9-10H2,1-2H3/t12-,13+/m1/s1. The smallest absolute Gasteiger partial charge is 0.131 e. The Morgan fingerprint density at radius 2 is 2.27 bits per heavy atom. The van der Waals surface area contributed by atoms with E-state index in [1.807, 2.05) is 26.2 Å². The highest BCUT2D eigenvalue weighted by Gasteiger charge is 2.32. The van der Waals surface area contributed by atoms with E-state index in [9.17, 15) is 5.11 Å². The van der Waals surface area contributed by atoms with Crippen molar-refractivity contribution < 1.29 is 5.11 Å². The van der Waals surface area contributed by atoms with Gasteiger partial charge in [0.2, 0.25) is 0 Å². The second-order valence-corrected chi connectivity index (χ2v) is 6.31. The van der Waals surface area contributed by atoms with Gasteiger partial charge < -0.3 is 5.11 Å². The minimum absolute atomic E-state index is 0.244. The lowest BCUT2D eigenvalue weighted by molar-refractivity contribution is 0.0889. The molecule has 120 valence electrons. The maximum Gasteiger partial charge on any atom is 0.131 e. The van der Waals surface area contributed by atoms with E-state index in [1.54, 1.807) is 15.6 Å². The first-order chi connectivity index (χ1) is 10.6. The predicted octanol–water partition coefficient (Wildman–Crippen LogP) is 1.78. The van der Waals surface area contributed by atoms with Crippen LogP contribution in [0.2, 0.25) is 5.15 Å². The monoisotopic (exact) mass is 323 g/mol. The lowest BCUT2D eigenvalue weighted by Crippen LogP contribution is -2.34. The third-order valence-electron chi connectivity index (χ3n) is 4.30. The lowest BCUT2D eigenvalue weighted by Gasteiger charge is -2.27. The van der Waals surface area contributed by atoms with Crippen molar-refractivity contribution in [3.05, 3.63) is 34.9 Å². The van der Waals surface area contributed by atoms with E-state index in [4.69, 9.17) is 11.6 Å². The molecule has 0 saturated carbocycles. The first-order valence-electron chi connectivity index (χ1n) is 7.64. The first kappa shape index (κ1) is 15.5. The molecule has 3 rings (SSSR count). The van der Waals surface area contributed by atoms with E-state index in [2.05, 4.69) is 15.1 Å². The van der Waals surface area contributed by atoms with Crippen LogP contribution in [0.1, 0.15) is 30.1 Å². The van der Waals surface area contributed by atoms with Crippen molar-refractivity contribution in [3.8, 4) is 0 Å². The molecule has 1 aliphatic heterocycles. The molecule has 7 heteroatoms. The number of aryl methyl sites for hydroxylation is 2. The van der Waals surface area contributed by atoms with Gasteiger partial charge in [-0.25, -0.2) is 0 Å². The van der Waals surface area contributed by atoms with Crippen molar-refractivity contribution in [3.63, 3.8) is 0 Å². The molecule has 0 bridgehead atoms. The van der Waals surface area contributed by atoms with Crippen molar-refractivity contribution in [1.82, 2.24) is 24.5 Å². The Hall–Kier alpha value is -1.37. The molecule has 2 aromatic rings. The number of rotatable bonds is 5. The van der Waals surface area contributed by atoms with E-state index >= 15 is 0 Å². The summed E-state index contributed by atoms with van der Waals surface area (Å²) in [5.74, 6) is 0. The quantitative estimate of drug-likeness (QED) is 0.911. The zero-order valence-corrected chi connectivity index (χ0v) is 13.7. The average Bonchev–Trinajstić information content (AvgIpc) is 3.15. The van der Waals surface area contributed by atoms with Crippen molar-refractivity contribution in [2.24, 2.45) is 7.05 Å². The molecule has 1 aliphatic rings. The molecule has 2 aromatic heterocycles. The number of halogens is 1. The fraction of sp³-hybridized carbons (Fsp3) is 0.600. The van der Waals surface area contributed by atoms with Gasteiger partial charge in [-0.05, 0) is 32.4 Å². The van der Waals surface area contributed by atoms with Gasteiger partial charge in [0.05, 0.1) is 18.3 Å². The van der Waals surface area contributed by atoms with Crippen LogP contribution >= 0.6 is 11.6 Å². The Morgan fingerprint density at radius 1 is 1.45 bits per heavy atom. The molecule has 0 spiro atoms. The third-order valence-corrected chi connectivity index (χ3v) is 4.74. The number of aliphatic hydroxyl groups is 1. The highest BCUT2D eigenvalue weighted by atomic mass is 35.5. The number of β-amino-alcohol motifs (C(OH)–C–C–N with tert-alkyl or cyclic N) is 1. The van der Waals surface area contributed by atoms with Gasteiger partial charge in [-0.1, -0.05) is 11.6 Å². The summed E-state index contributed by atoms with van der Waals surface area (Å²) in [4.78, 5) is 2.31. The van der Waals surface area contributed by atoms with Gasteiger partial charge >= 0.3 is 0 Å². The van der Waals surface area contributed by atoms with Crippen molar-refractivity contribution in [2.45, 2.75) is 38.5 Å². The largest absolute Gasteiger partial charge is 0.390 e. The fourth-order valence-corrected chi connectivity index (χ4v) is 3.65. The number of likely N-dealkylation sites (tertiary alicyclic amines) is 1. The molecule has 0 aliphatic carbocycles. The number of hydrogen-bond donors (Lipinski definition) is 1. The van der Waals surface area contributed by atoms with Gasteiger partial charge in [-0.2, -0.15) is 10.2 Å². The Balaban J connectivity index is 1.70. The second kappa shape index (κ2) is 6.40. The summed E-state index contributed by atoms with van der Waals surface area (Å²) in [7, 11) is 1.87. The Kier molecular flexibility index (Phi) is 4.52. The lowest BCUT2D eigenvalue weighted by atomic mass is 10.1. The summed E-state index contributed by atoms with van der Waals surface area (Å²) in [5.41, 5.74) is 2.08. The highest BCUT2D eigenvalue weighted by molar-refractivity contribution is 6.30. The molecule has 1 N–H and O–H groups in total. The van der Waals surface area contributed by atoms with Gasteiger partial charge in [0.1, 0.15) is 5.15 Å². The van der Waals surface area contributed by atoms with Crippen molar-refractivity contribution in [1.29, 1.82) is 0 Å². The van der Waals surface area contributed by atoms with Crippen LogP contribution in [0.4, 0.5) is 0 Å².